The summed E-state index contributed by atoms with van der Waals surface area (Å²) in [5, 5.41) is 7.69. The van der Waals surface area contributed by atoms with Crippen molar-refractivity contribution in [3.63, 3.8) is 0 Å². The van der Waals surface area contributed by atoms with Gasteiger partial charge in [0.15, 0.2) is 0 Å². The minimum Gasteiger partial charge on any atom is -0.456 e. The highest BCUT2D eigenvalue weighted by molar-refractivity contribution is 7.16. The van der Waals surface area contributed by atoms with Crippen molar-refractivity contribution >= 4 is 33.9 Å². The highest BCUT2D eigenvalue weighted by atomic mass is 32.1. The molecule has 10 heteroatoms. The molecule has 0 saturated carbocycles. The molecule has 8 nitrogen and oxygen atoms in total. The number of nitrogens with zero attached hydrogens (tertiary/aromatic N) is 3. The van der Waals surface area contributed by atoms with Gasteiger partial charge in [-0.25, -0.2) is 14.2 Å². The molecule has 33 heavy (non-hydrogen) atoms. The van der Waals surface area contributed by atoms with Gasteiger partial charge in [-0.15, -0.1) is 0 Å². The number of amides is 1. The Kier molecular flexibility index (Phi) is 6.55. The second-order valence-corrected chi connectivity index (χ2v) is 8.15. The molecule has 0 unspecified atom stereocenters. The van der Waals surface area contributed by atoms with Crippen LogP contribution in [-0.4, -0.2) is 26.5 Å². The Hall–Kier alpha value is -3.92. The Morgan fingerprint density at radius 2 is 1.91 bits per heavy atom. The number of carbonyl (C=O) groups excluding carboxylic acids is 2. The summed E-state index contributed by atoms with van der Waals surface area (Å²) in [6.07, 6.45) is 1.65. The van der Waals surface area contributed by atoms with Gasteiger partial charge in [-0.05, 0) is 42.8 Å². The number of aryl methyl sites for hydroxylation is 1. The van der Waals surface area contributed by atoms with E-state index in [4.69, 9.17) is 4.74 Å². The van der Waals surface area contributed by atoms with E-state index in [9.17, 15) is 18.8 Å². The van der Waals surface area contributed by atoms with Crippen LogP contribution in [0.1, 0.15) is 44.8 Å². The summed E-state index contributed by atoms with van der Waals surface area (Å²) in [5.41, 5.74) is 0.565. The molecular formula is C23H19FN4O4S. The Morgan fingerprint density at radius 1 is 1.15 bits per heavy atom. The molecule has 0 saturated heterocycles. The summed E-state index contributed by atoms with van der Waals surface area (Å²) in [5.74, 6) is -1.65. The quantitative estimate of drug-likeness (QED) is 0.415. The van der Waals surface area contributed by atoms with Crippen LogP contribution < -0.4 is 10.9 Å². The summed E-state index contributed by atoms with van der Waals surface area (Å²) < 4.78 is 19.7. The SMILES string of the molecule is CCCc1nn2c(=O)cc(COC(=O)c3ccccc3NC(=O)c3ccc(F)cc3)nc2s1. The zero-order valence-electron chi connectivity index (χ0n) is 17.6. The molecule has 0 fully saturated rings. The van der Waals surface area contributed by atoms with E-state index in [-0.39, 0.29) is 29.0 Å². The van der Waals surface area contributed by atoms with Crippen molar-refractivity contribution in [1.29, 1.82) is 0 Å². The maximum atomic E-state index is 13.1. The normalized spacial score (nSPS) is 10.8. The van der Waals surface area contributed by atoms with Crippen LogP contribution in [0.25, 0.3) is 4.96 Å². The van der Waals surface area contributed by atoms with Crippen LogP contribution >= 0.6 is 11.3 Å². The van der Waals surface area contributed by atoms with Gasteiger partial charge >= 0.3 is 5.97 Å². The van der Waals surface area contributed by atoms with Crippen LogP contribution in [0, 0.1) is 5.82 Å². The lowest BCUT2D eigenvalue weighted by Crippen LogP contribution is -2.18. The Balaban J connectivity index is 1.48. The molecule has 0 bridgehead atoms. The number of para-hydroxylation sites is 1. The molecule has 0 atom stereocenters. The number of esters is 1. The van der Waals surface area contributed by atoms with Gasteiger partial charge < -0.3 is 10.1 Å². The average Bonchev–Trinajstić information content (AvgIpc) is 3.22. The topological polar surface area (TPSA) is 103 Å². The van der Waals surface area contributed by atoms with E-state index in [1.54, 1.807) is 18.2 Å². The molecule has 0 aliphatic rings. The smallest absolute Gasteiger partial charge is 0.340 e. The molecule has 0 aliphatic carbocycles. The summed E-state index contributed by atoms with van der Waals surface area (Å²) >= 11 is 1.32. The third kappa shape index (κ3) is 5.12. The fourth-order valence-electron chi connectivity index (χ4n) is 3.07. The molecule has 1 amide bonds. The number of hydrogen-bond donors (Lipinski definition) is 1. The van der Waals surface area contributed by atoms with Crippen molar-refractivity contribution < 1.29 is 18.7 Å². The lowest BCUT2D eigenvalue weighted by molar-refractivity contribution is 0.0469. The van der Waals surface area contributed by atoms with Crippen molar-refractivity contribution in [3.05, 3.63) is 92.6 Å². The van der Waals surface area contributed by atoms with Crippen LogP contribution in [-0.2, 0) is 17.8 Å². The minimum absolute atomic E-state index is 0.133. The monoisotopic (exact) mass is 466 g/mol. The van der Waals surface area contributed by atoms with Crippen LogP contribution in [0.3, 0.4) is 0 Å². The zero-order valence-corrected chi connectivity index (χ0v) is 18.4. The Labute approximate surface area is 191 Å². The van der Waals surface area contributed by atoms with Crippen LogP contribution in [0.5, 0.6) is 0 Å². The number of fused-ring (bicyclic) bond motifs is 1. The van der Waals surface area contributed by atoms with Gasteiger partial charge in [0.25, 0.3) is 11.5 Å². The van der Waals surface area contributed by atoms with Gasteiger partial charge in [0, 0.05) is 18.1 Å². The highest BCUT2D eigenvalue weighted by Gasteiger charge is 2.17. The van der Waals surface area contributed by atoms with Crippen LogP contribution in [0.15, 0.2) is 59.4 Å². The van der Waals surface area contributed by atoms with E-state index < -0.39 is 17.7 Å². The molecule has 168 valence electrons. The number of carbonyl (C=O) groups is 2. The molecule has 4 rings (SSSR count). The standard InChI is InChI=1S/C23H19FN4O4S/c1-2-5-19-27-28-20(29)12-16(25-23(28)33-19)13-32-22(31)17-6-3-4-7-18(17)26-21(30)14-8-10-15(24)11-9-14/h3-4,6-12H,2,5,13H2,1H3,(H,26,30). The molecular weight excluding hydrogens is 447 g/mol. The maximum absolute atomic E-state index is 13.1. The number of hydrogen-bond acceptors (Lipinski definition) is 7. The Bertz CT molecular complexity index is 1380. The van der Waals surface area contributed by atoms with Crippen molar-refractivity contribution in [1.82, 2.24) is 14.6 Å². The van der Waals surface area contributed by atoms with Crippen molar-refractivity contribution in [3.8, 4) is 0 Å². The summed E-state index contributed by atoms with van der Waals surface area (Å²) in [4.78, 5) is 42.3. The van der Waals surface area contributed by atoms with E-state index in [2.05, 4.69) is 15.4 Å². The first-order chi connectivity index (χ1) is 15.9. The number of aromatic nitrogens is 3. The van der Waals surface area contributed by atoms with Crippen molar-refractivity contribution in [2.24, 2.45) is 0 Å². The number of ether oxygens (including phenoxy) is 1. The predicted octanol–water partition coefficient (Wildman–Crippen LogP) is 3.85. The van der Waals surface area contributed by atoms with Crippen molar-refractivity contribution in [2.75, 3.05) is 5.32 Å². The number of anilines is 1. The number of halogens is 1. The van der Waals surface area contributed by atoms with Gasteiger partial charge in [0.05, 0.1) is 16.9 Å². The number of nitrogens with one attached hydrogen (secondary N) is 1. The first-order valence-electron chi connectivity index (χ1n) is 10.2. The van der Waals surface area contributed by atoms with Crippen molar-refractivity contribution in [2.45, 2.75) is 26.4 Å². The Morgan fingerprint density at radius 3 is 2.67 bits per heavy atom. The van der Waals surface area contributed by atoms with E-state index >= 15 is 0 Å². The fourth-order valence-corrected chi connectivity index (χ4v) is 4.09. The lowest BCUT2D eigenvalue weighted by atomic mass is 10.1. The molecule has 1 N–H and O–H groups in total. The van der Waals surface area contributed by atoms with E-state index in [1.165, 1.54) is 52.3 Å². The number of benzene rings is 2. The predicted molar refractivity (Wildman–Crippen MR) is 121 cm³/mol. The number of rotatable bonds is 7. The third-order valence-corrected chi connectivity index (χ3v) is 5.62. The van der Waals surface area contributed by atoms with Gasteiger partial charge in [-0.1, -0.05) is 30.4 Å². The van der Waals surface area contributed by atoms with Gasteiger partial charge in [0.1, 0.15) is 17.4 Å². The second-order valence-electron chi connectivity index (χ2n) is 7.11. The first-order valence-corrected chi connectivity index (χ1v) is 11.0. The van der Waals surface area contributed by atoms with E-state index in [0.29, 0.717) is 10.7 Å². The molecule has 0 aliphatic heterocycles. The van der Waals surface area contributed by atoms with E-state index in [0.717, 1.165) is 17.8 Å². The van der Waals surface area contributed by atoms with E-state index in [1.807, 2.05) is 6.92 Å². The molecule has 0 spiro atoms. The summed E-state index contributed by atoms with van der Waals surface area (Å²) in [6.45, 7) is 1.80. The first kappa shape index (κ1) is 22.3. The lowest BCUT2D eigenvalue weighted by Gasteiger charge is -2.11. The maximum Gasteiger partial charge on any atom is 0.340 e. The fraction of sp³-hybridized carbons (Fsp3) is 0.174. The molecule has 2 aromatic carbocycles. The highest BCUT2D eigenvalue weighted by Crippen LogP contribution is 2.19. The largest absolute Gasteiger partial charge is 0.456 e. The molecule has 4 aromatic rings. The summed E-state index contributed by atoms with van der Waals surface area (Å²) in [7, 11) is 0. The van der Waals surface area contributed by atoms with Gasteiger partial charge in [0.2, 0.25) is 4.96 Å². The average molecular weight is 466 g/mol. The minimum atomic E-state index is -0.692. The van der Waals surface area contributed by atoms with Crippen LogP contribution in [0.4, 0.5) is 10.1 Å². The molecule has 2 heterocycles. The zero-order chi connectivity index (χ0) is 23.4. The van der Waals surface area contributed by atoms with Gasteiger partial charge in [-0.3, -0.25) is 9.59 Å². The van der Waals surface area contributed by atoms with Gasteiger partial charge in [-0.2, -0.15) is 9.61 Å². The van der Waals surface area contributed by atoms with Crippen LogP contribution in [0.2, 0.25) is 0 Å². The second kappa shape index (κ2) is 9.70. The molecule has 0 radical (unpaired) electrons. The molecule has 2 aromatic heterocycles. The summed E-state index contributed by atoms with van der Waals surface area (Å²) in [6, 6.07) is 12.7. The third-order valence-electron chi connectivity index (χ3n) is 4.66.